The van der Waals surface area contributed by atoms with Crippen molar-refractivity contribution in [2.75, 3.05) is 6.54 Å². The van der Waals surface area contributed by atoms with Crippen molar-refractivity contribution in [2.45, 2.75) is 0 Å². The van der Waals surface area contributed by atoms with Crippen molar-refractivity contribution in [3.63, 3.8) is 0 Å². The SMILES string of the molecule is S=C=NC/C=C\Br. The maximum atomic E-state index is 4.30. The molecule has 0 rings (SSSR count). The van der Waals surface area contributed by atoms with Crippen molar-refractivity contribution >= 4 is 33.3 Å². The Kier molecular flexibility index (Phi) is 6.04. The van der Waals surface area contributed by atoms with Gasteiger partial charge >= 0.3 is 0 Å². The highest BCUT2D eigenvalue weighted by atomic mass is 79.9. The molecule has 0 N–H and O–H groups in total. The Hall–Kier alpha value is 0.0200. The maximum absolute atomic E-state index is 4.30. The van der Waals surface area contributed by atoms with Crippen molar-refractivity contribution in [1.29, 1.82) is 0 Å². The van der Waals surface area contributed by atoms with E-state index in [0.717, 1.165) is 0 Å². The van der Waals surface area contributed by atoms with E-state index in [-0.39, 0.29) is 0 Å². The molecule has 0 amide bonds. The fourth-order valence-corrected chi connectivity index (χ4v) is 0.372. The van der Waals surface area contributed by atoms with Gasteiger partial charge in [-0.2, -0.15) is 0 Å². The highest BCUT2D eigenvalue weighted by molar-refractivity contribution is 9.11. The number of nitrogens with zero attached hydrogens (tertiary/aromatic N) is 1. The van der Waals surface area contributed by atoms with E-state index >= 15 is 0 Å². The standard InChI is InChI=1S/C4H4BrNS/c5-2-1-3-6-4-7/h1-2H,3H2/b2-1-. The maximum Gasteiger partial charge on any atom is 0.0681 e. The van der Waals surface area contributed by atoms with E-state index in [1.165, 1.54) is 0 Å². The first-order valence-corrected chi connectivity index (χ1v) is 3.03. The summed E-state index contributed by atoms with van der Waals surface area (Å²) in [6, 6.07) is 0. The molecule has 1 nitrogen and oxygen atoms in total. The summed E-state index contributed by atoms with van der Waals surface area (Å²) in [6.07, 6.45) is 1.83. The van der Waals surface area contributed by atoms with Gasteiger partial charge in [0.05, 0.1) is 11.7 Å². The highest BCUT2D eigenvalue weighted by Gasteiger charge is 1.61. The first-order valence-electron chi connectivity index (χ1n) is 1.70. The van der Waals surface area contributed by atoms with Gasteiger partial charge in [-0.1, -0.05) is 22.0 Å². The molecule has 0 heterocycles. The third kappa shape index (κ3) is 6.02. The van der Waals surface area contributed by atoms with Crippen LogP contribution < -0.4 is 0 Å². The molecule has 0 saturated carbocycles. The van der Waals surface area contributed by atoms with Crippen molar-refractivity contribution in [3.8, 4) is 0 Å². The van der Waals surface area contributed by atoms with Crippen LogP contribution in [0.2, 0.25) is 0 Å². The summed E-state index contributed by atoms with van der Waals surface area (Å²) in [5.74, 6) is 0. The zero-order chi connectivity index (χ0) is 5.54. The van der Waals surface area contributed by atoms with Gasteiger partial charge in [-0.3, -0.25) is 0 Å². The molecule has 0 spiro atoms. The third-order valence-electron chi connectivity index (χ3n) is 0.350. The Balaban J connectivity index is 3.15. The van der Waals surface area contributed by atoms with Crippen LogP contribution in [-0.4, -0.2) is 11.7 Å². The van der Waals surface area contributed by atoms with Gasteiger partial charge in [0.1, 0.15) is 0 Å². The summed E-state index contributed by atoms with van der Waals surface area (Å²) < 4.78 is 0. The van der Waals surface area contributed by atoms with E-state index in [2.05, 4.69) is 38.3 Å². The molecular weight excluding hydrogens is 174 g/mol. The lowest BCUT2D eigenvalue weighted by Gasteiger charge is -1.69. The molecule has 0 aliphatic carbocycles. The molecule has 0 atom stereocenters. The van der Waals surface area contributed by atoms with Gasteiger partial charge in [0.25, 0.3) is 0 Å². The topological polar surface area (TPSA) is 12.4 Å². The summed E-state index contributed by atoms with van der Waals surface area (Å²) in [5, 5.41) is 2.24. The van der Waals surface area contributed by atoms with E-state index in [1.807, 2.05) is 6.08 Å². The molecule has 0 aromatic rings. The van der Waals surface area contributed by atoms with Crippen LogP contribution in [0.15, 0.2) is 16.1 Å². The van der Waals surface area contributed by atoms with Gasteiger partial charge < -0.3 is 0 Å². The van der Waals surface area contributed by atoms with E-state index in [1.54, 1.807) is 4.99 Å². The van der Waals surface area contributed by atoms with Crippen molar-refractivity contribution < 1.29 is 0 Å². The molecule has 0 radical (unpaired) electrons. The summed E-state index contributed by atoms with van der Waals surface area (Å²) in [6.45, 7) is 0.620. The molecule has 0 aromatic carbocycles. The largest absolute Gasteiger partial charge is 0.228 e. The molecule has 0 aromatic heterocycles. The first kappa shape index (κ1) is 7.02. The van der Waals surface area contributed by atoms with Crippen LogP contribution in [-0.2, 0) is 0 Å². The van der Waals surface area contributed by atoms with Gasteiger partial charge in [-0.25, -0.2) is 4.99 Å². The predicted molar refractivity (Wildman–Crippen MR) is 38.0 cm³/mol. The average molecular weight is 178 g/mol. The van der Waals surface area contributed by atoms with E-state index in [4.69, 9.17) is 0 Å². The second kappa shape index (κ2) is 6.02. The van der Waals surface area contributed by atoms with Crippen LogP contribution in [0.5, 0.6) is 0 Å². The number of hydrogen-bond acceptors (Lipinski definition) is 2. The van der Waals surface area contributed by atoms with Crippen molar-refractivity contribution in [1.82, 2.24) is 0 Å². The average Bonchev–Trinajstić information content (AvgIpc) is 1.69. The van der Waals surface area contributed by atoms with Crippen LogP contribution >= 0.6 is 28.1 Å². The normalized spacial score (nSPS) is 8.71. The first-order chi connectivity index (χ1) is 3.41. The lowest BCUT2D eigenvalue weighted by atomic mass is 10.7. The predicted octanol–water partition coefficient (Wildman–Crippen LogP) is 2.00. The van der Waals surface area contributed by atoms with Crippen LogP contribution in [0.1, 0.15) is 0 Å². The second-order valence-corrected chi connectivity index (χ2v) is 1.50. The monoisotopic (exact) mass is 177 g/mol. The molecule has 3 heteroatoms. The molecule has 0 bridgehead atoms. The fraction of sp³-hybridized carbons (Fsp3) is 0.250. The summed E-state index contributed by atoms with van der Waals surface area (Å²) in [7, 11) is 0. The van der Waals surface area contributed by atoms with Crippen LogP contribution in [0.3, 0.4) is 0 Å². The van der Waals surface area contributed by atoms with Crippen molar-refractivity contribution in [3.05, 3.63) is 11.1 Å². The van der Waals surface area contributed by atoms with Crippen LogP contribution in [0.4, 0.5) is 0 Å². The van der Waals surface area contributed by atoms with Gasteiger partial charge in [-0.15, -0.1) is 0 Å². The summed E-state index contributed by atoms with van der Waals surface area (Å²) >= 11 is 7.38. The van der Waals surface area contributed by atoms with Gasteiger partial charge in [0.15, 0.2) is 0 Å². The highest BCUT2D eigenvalue weighted by Crippen LogP contribution is 1.80. The smallest absolute Gasteiger partial charge is 0.0681 e. The Morgan fingerprint density at radius 1 is 1.86 bits per heavy atom. The third-order valence-corrected chi connectivity index (χ3v) is 0.853. The number of hydrogen-bond donors (Lipinski definition) is 0. The van der Waals surface area contributed by atoms with Gasteiger partial charge in [0.2, 0.25) is 0 Å². The quantitative estimate of drug-likeness (QED) is 0.465. The van der Waals surface area contributed by atoms with Crippen LogP contribution in [0, 0.1) is 0 Å². The number of halogens is 1. The fourth-order valence-electron chi connectivity index (χ4n) is 0.130. The number of aliphatic imine (C=N–C) groups is 1. The molecule has 7 heavy (non-hydrogen) atoms. The lowest BCUT2D eigenvalue weighted by molar-refractivity contribution is 1.27. The molecular formula is C4H4BrNS. The van der Waals surface area contributed by atoms with Crippen LogP contribution in [0.25, 0.3) is 0 Å². The summed E-state index contributed by atoms with van der Waals surface area (Å²) in [5.41, 5.74) is 0. The van der Waals surface area contributed by atoms with Gasteiger partial charge in [-0.05, 0) is 17.2 Å². The zero-order valence-electron chi connectivity index (χ0n) is 3.60. The minimum Gasteiger partial charge on any atom is -0.228 e. The molecule has 0 aliphatic rings. The Morgan fingerprint density at radius 3 is 3.00 bits per heavy atom. The Morgan fingerprint density at radius 2 is 2.57 bits per heavy atom. The Bertz CT molecular complexity index is 104. The van der Waals surface area contributed by atoms with E-state index in [9.17, 15) is 0 Å². The number of rotatable bonds is 2. The molecule has 0 unspecified atom stereocenters. The van der Waals surface area contributed by atoms with Gasteiger partial charge in [0, 0.05) is 0 Å². The summed E-state index contributed by atoms with van der Waals surface area (Å²) in [4.78, 5) is 5.35. The number of isothiocyanates is 1. The van der Waals surface area contributed by atoms with Crippen molar-refractivity contribution in [2.24, 2.45) is 4.99 Å². The van der Waals surface area contributed by atoms with E-state index in [0.29, 0.717) is 6.54 Å². The van der Waals surface area contributed by atoms with E-state index < -0.39 is 0 Å². The lowest BCUT2D eigenvalue weighted by Crippen LogP contribution is -1.63. The minimum atomic E-state index is 0.620. The molecule has 0 aliphatic heterocycles. The zero-order valence-corrected chi connectivity index (χ0v) is 6.00. The molecule has 38 valence electrons. The minimum absolute atomic E-state index is 0.620. The Labute approximate surface area is 56.3 Å². The molecule has 0 saturated heterocycles. The number of thiocarbonyl (C=S) groups is 1. The second-order valence-electron chi connectivity index (χ2n) is 0.794. The molecule has 0 fully saturated rings.